The Hall–Kier alpha value is -1.36. The highest BCUT2D eigenvalue weighted by atomic mass is 32.1. The quantitative estimate of drug-likeness (QED) is 0.910. The fourth-order valence-corrected chi connectivity index (χ4v) is 3.34. The van der Waals surface area contributed by atoms with E-state index in [2.05, 4.69) is 23.8 Å². The van der Waals surface area contributed by atoms with Crippen LogP contribution in [0.25, 0.3) is 10.2 Å². The van der Waals surface area contributed by atoms with Crippen LogP contribution < -0.4 is 10.5 Å². The van der Waals surface area contributed by atoms with E-state index in [4.69, 9.17) is 10.5 Å². The number of hydrogen-bond donors (Lipinski definition) is 1. The number of rotatable bonds is 2. The normalized spacial score (nSPS) is 19.7. The summed E-state index contributed by atoms with van der Waals surface area (Å²) in [6, 6.07) is 2.00. The lowest BCUT2D eigenvalue weighted by Gasteiger charge is -2.34. The molecule has 0 aromatic carbocycles. The number of aromatic nitrogens is 2. The van der Waals surface area contributed by atoms with Gasteiger partial charge in [-0.3, -0.25) is 0 Å². The van der Waals surface area contributed by atoms with Crippen LogP contribution in [0.4, 0.5) is 5.95 Å². The van der Waals surface area contributed by atoms with Gasteiger partial charge in [0.05, 0.1) is 5.39 Å². The van der Waals surface area contributed by atoms with Crippen molar-refractivity contribution in [3.8, 4) is 5.88 Å². The number of ether oxygens (including phenoxy) is 1. The summed E-state index contributed by atoms with van der Waals surface area (Å²) < 4.78 is 6.08. The standard InChI is InChI=1S/C14H19N3OS/c1-14(2)6-3-9(4-7-14)18-11-10-5-8-19-12(10)17-13(15)16-11/h5,8-9H,3-4,6-7H2,1-2H3,(H2,15,16,17). The highest BCUT2D eigenvalue weighted by Gasteiger charge is 2.28. The largest absolute Gasteiger partial charge is 0.474 e. The van der Waals surface area contributed by atoms with E-state index in [0.717, 1.165) is 23.1 Å². The molecule has 0 saturated heterocycles. The van der Waals surface area contributed by atoms with Crippen molar-refractivity contribution < 1.29 is 4.74 Å². The van der Waals surface area contributed by atoms with Crippen molar-refractivity contribution in [3.63, 3.8) is 0 Å². The van der Waals surface area contributed by atoms with Gasteiger partial charge >= 0.3 is 0 Å². The summed E-state index contributed by atoms with van der Waals surface area (Å²) in [5.74, 6) is 0.939. The summed E-state index contributed by atoms with van der Waals surface area (Å²) in [6.07, 6.45) is 4.83. The van der Waals surface area contributed by atoms with E-state index in [0.29, 0.717) is 17.2 Å². The molecular weight excluding hydrogens is 258 g/mol. The monoisotopic (exact) mass is 277 g/mol. The third-order valence-electron chi connectivity index (χ3n) is 3.87. The van der Waals surface area contributed by atoms with Crippen LogP contribution in [0.2, 0.25) is 0 Å². The molecule has 0 spiro atoms. The minimum atomic E-state index is 0.255. The number of thiophene rings is 1. The average molecular weight is 277 g/mol. The summed E-state index contributed by atoms with van der Waals surface area (Å²) in [5, 5.41) is 2.97. The van der Waals surface area contributed by atoms with E-state index in [9.17, 15) is 0 Å². The molecule has 1 aliphatic rings. The Morgan fingerprint density at radius 3 is 2.79 bits per heavy atom. The van der Waals surface area contributed by atoms with Gasteiger partial charge in [-0.1, -0.05) is 13.8 Å². The van der Waals surface area contributed by atoms with Crippen LogP contribution in [-0.4, -0.2) is 16.1 Å². The number of anilines is 1. The minimum absolute atomic E-state index is 0.255. The van der Waals surface area contributed by atoms with Gasteiger partial charge in [0.15, 0.2) is 0 Å². The van der Waals surface area contributed by atoms with Gasteiger partial charge in [-0.15, -0.1) is 11.3 Å². The van der Waals surface area contributed by atoms with Gasteiger partial charge in [-0.25, -0.2) is 4.98 Å². The smallest absolute Gasteiger partial charge is 0.227 e. The molecule has 2 N–H and O–H groups in total. The molecule has 0 radical (unpaired) electrons. The van der Waals surface area contributed by atoms with Crippen LogP contribution in [0.15, 0.2) is 11.4 Å². The molecule has 3 rings (SSSR count). The molecule has 0 amide bonds. The van der Waals surface area contributed by atoms with Crippen LogP contribution in [-0.2, 0) is 0 Å². The second-order valence-electron chi connectivity index (χ2n) is 6.01. The summed E-state index contributed by atoms with van der Waals surface area (Å²) in [6.45, 7) is 4.64. The molecule has 2 aromatic heterocycles. The lowest BCUT2D eigenvalue weighted by atomic mass is 9.76. The second-order valence-corrected chi connectivity index (χ2v) is 6.90. The molecule has 1 fully saturated rings. The molecule has 5 heteroatoms. The van der Waals surface area contributed by atoms with Crippen molar-refractivity contribution >= 4 is 27.5 Å². The van der Waals surface area contributed by atoms with Crippen molar-refractivity contribution in [3.05, 3.63) is 11.4 Å². The maximum absolute atomic E-state index is 6.08. The molecule has 0 bridgehead atoms. The molecule has 2 aromatic rings. The lowest BCUT2D eigenvalue weighted by molar-refractivity contribution is 0.0964. The van der Waals surface area contributed by atoms with Crippen molar-refractivity contribution in [2.75, 3.05) is 5.73 Å². The van der Waals surface area contributed by atoms with Gasteiger partial charge in [-0.05, 0) is 42.5 Å². The van der Waals surface area contributed by atoms with Crippen LogP contribution in [0.5, 0.6) is 5.88 Å². The Kier molecular flexibility index (Phi) is 3.09. The Morgan fingerprint density at radius 1 is 1.32 bits per heavy atom. The molecule has 2 heterocycles. The van der Waals surface area contributed by atoms with E-state index < -0.39 is 0 Å². The second kappa shape index (κ2) is 4.63. The van der Waals surface area contributed by atoms with Crippen molar-refractivity contribution in [1.29, 1.82) is 0 Å². The van der Waals surface area contributed by atoms with E-state index in [-0.39, 0.29) is 6.10 Å². The predicted molar refractivity (Wildman–Crippen MR) is 78.5 cm³/mol. The molecule has 1 saturated carbocycles. The molecule has 0 aliphatic heterocycles. The van der Waals surface area contributed by atoms with Gasteiger partial charge in [-0.2, -0.15) is 4.98 Å². The van der Waals surface area contributed by atoms with Crippen molar-refractivity contribution in [1.82, 2.24) is 9.97 Å². The fraction of sp³-hybridized carbons (Fsp3) is 0.571. The third kappa shape index (κ3) is 2.66. The zero-order valence-electron chi connectivity index (χ0n) is 11.3. The molecule has 4 nitrogen and oxygen atoms in total. The lowest BCUT2D eigenvalue weighted by Crippen LogP contribution is -2.28. The summed E-state index contributed by atoms with van der Waals surface area (Å²) in [4.78, 5) is 9.37. The van der Waals surface area contributed by atoms with Gasteiger partial charge in [0.25, 0.3) is 0 Å². The predicted octanol–water partition coefficient (Wildman–Crippen LogP) is 3.62. The first-order valence-electron chi connectivity index (χ1n) is 6.71. The van der Waals surface area contributed by atoms with E-state index in [1.165, 1.54) is 12.8 Å². The molecule has 19 heavy (non-hydrogen) atoms. The Balaban J connectivity index is 1.80. The summed E-state index contributed by atoms with van der Waals surface area (Å²) in [7, 11) is 0. The highest BCUT2D eigenvalue weighted by molar-refractivity contribution is 7.16. The number of nitrogens with two attached hydrogens (primary N) is 1. The molecule has 102 valence electrons. The topological polar surface area (TPSA) is 61.0 Å². The number of fused-ring (bicyclic) bond motifs is 1. The van der Waals surface area contributed by atoms with E-state index >= 15 is 0 Å². The van der Waals surface area contributed by atoms with Crippen LogP contribution in [0.1, 0.15) is 39.5 Å². The van der Waals surface area contributed by atoms with Gasteiger partial charge < -0.3 is 10.5 Å². The SMILES string of the molecule is CC1(C)CCC(Oc2nc(N)nc3sccc23)CC1. The Morgan fingerprint density at radius 2 is 2.05 bits per heavy atom. The summed E-state index contributed by atoms with van der Waals surface area (Å²) in [5.41, 5.74) is 6.18. The number of nitrogens with zero attached hydrogens (tertiary/aromatic N) is 2. The number of nitrogen functional groups attached to an aromatic ring is 1. The van der Waals surface area contributed by atoms with Crippen LogP contribution in [0, 0.1) is 5.41 Å². The first-order valence-corrected chi connectivity index (χ1v) is 7.59. The Labute approximate surface area is 117 Å². The first-order chi connectivity index (χ1) is 9.03. The molecular formula is C14H19N3OS. The van der Waals surface area contributed by atoms with E-state index in [1.54, 1.807) is 11.3 Å². The zero-order chi connectivity index (χ0) is 13.5. The first kappa shape index (κ1) is 12.7. The Bertz CT molecular complexity index is 583. The van der Waals surface area contributed by atoms with Crippen LogP contribution >= 0.6 is 11.3 Å². The zero-order valence-corrected chi connectivity index (χ0v) is 12.2. The average Bonchev–Trinajstić information content (AvgIpc) is 2.80. The van der Waals surface area contributed by atoms with Gasteiger partial charge in [0.1, 0.15) is 10.9 Å². The fourth-order valence-electron chi connectivity index (χ4n) is 2.58. The van der Waals surface area contributed by atoms with Gasteiger partial charge in [0, 0.05) is 0 Å². The molecule has 0 atom stereocenters. The van der Waals surface area contributed by atoms with Crippen molar-refractivity contribution in [2.24, 2.45) is 5.41 Å². The maximum Gasteiger partial charge on any atom is 0.227 e. The molecule has 0 unspecified atom stereocenters. The van der Waals surface area contributed by atoms with Crippen LogP contribution in [0.3, 0.4) is 0 Å². The van der Waals surface area contributed by atoms with Gasteiger partial charge in [0.2, 0.25) is 11.8 Å². The minimum Gasteiger partial charge on any atom is -0.474 e. The number of hydrogen-bond acceptors (Lipinski definition) is 5. The molecule has 1 aliphatic carbocycles. The third-order valence-corrected chi connectivity index (χ3v) is 4.68. The van der Waals surface area contributed by atoms with Crippen molar-refractivity contribution in [2.45, 2.75) is 45.6 Å². The highest BCUT2D eigenvalue weighted by Crippen LogP contribution is 2.37. The van der Waals surface area contributed by atoms with E-state index in [1.807, 2.05) is 11.4 Å². The maximum atomic E-state index is 6.08. The summed E-state index contributed by atoms with van der Waals surface area (Å²) >= 11 is 1.57.